The summed E-state index contributed by atoms with van der Waals surface area (Å²) in [5.74, 6) is -0.569. The molecular formula is C25H26FN5O2S. The Kier molecular flexibility index (Phi) is 7.22. The number of hydrogen-bond acceptors (Lipinski definition) is 6. The average Bonchev–Trinajstić information content (AvgIpc) is 3.51. The van der Waals surface area contributed by atoms with Crippen LogP contribution in [-0.2, 0) is 24.2 Å². The largest absolute Gasteiger partial charge is 0.480 e. The first-order valence-electron chi connectivity index (χ1n) is 11.0. The second-order valence-electron chi connectivity index (χ2n) is 7.96. The molecule has 1 atom stereocenters. The highest BCUT2D eigenvalue weighted by Gasteiger charge is 2.20. The first-order valence-corrected chi connectivity index (χ1v) is 11.8. The standard InChI is InChI=1S/C25H26FN5O2S/c1-3-17-12-19(26)10-15(2)23(17)31-20(24(32)33)11-16-4-6-18(7-5-16)21-13-29-22(34-21)14-30-25-27-8-9-28-25/h4-10,12-13,20,31H,3,11,14H2,1-2H3,(H,32,33)(H2,27,28,30). The summed E-state index contributed by atoms with van der Waals surface area (Å²) >= 11 is 1.59. The third-order valence-corrected chi connectivity index (χ3v) is 6.56. The van der Waals surface area contributed by atoms with Crippen molar-refractivity contribution in [2.75, 3.05) is 10.6 Å². The number of rotatable bonds is 10. The van der Waals surface area contributed by atoms with E-state index in [-0.39, 0.29) is 5.82 Å². The maximum absolute atomic E-state index is 13.8. The smallest absolute Gasteiger partial charge is 0.326 e. The molecule has 4 N–H and O–H groups in total. The number of aliphatic carboxylic acids is 1. The van der Waals surface area contributed by atoms with E-state index in [9.17, 15) is 14.3 Å². The number of thiazole rings is 1. The van der Waals surface area contributed by atoms with Crippen LogP contribution in [-0.4, -0.2) is 32.1 Å². The SMILES string of the molecule is CCc1cc(F)cc(C)c1NC(Cc1ccc(-c2cnc(CNc3ncc[nH]3)s2)cc1)C(=O)O. The van der Waals surface area contributed by atoms with Crippen molar-refractivity contribution in [1.82, 2.24) is 15.0 Å². The summed E-state index contributed by atoms with van der Waals surface area (Å²) in [5, 5.41) is 17.0. The van der Waals surface area contributed by atoms with Gasteiger partial charge in [-0.2, -0.15) is 0 Å². The maximum Gasteiger partial charge on any atom is 0.326 e. The van der Waals surface area contributed by atoms with E-state index >= 15 is 0 Å². The van der Waals surface area contributed by atoms with Crippen molar-refractivity contribution in [3.8, 4) is 10.4 Å². The molecule has 4 rings (SSSR count). The number of carbonyl (C=O) groups is 1. The Hall–Kier alpha value is -3.72. The minimum absolute atomic E-state index is 0.302. The van der Waals surface area contributed by atoms with Gasteiger partial charge >= 0.3 is 5.97 Å². The Balaban J connectivity index is 1.43. The molecule has 4 aromatic rings. The molecule has 2 aromatic carbocycles. The number of imidazole rings is 1. The van der Waals surface area contributed by atoms with Crippen LogP contribution in [0.5, 0.6) is 0 Å². The summed E-state index contributed by atoms with van der Waals surface area (Å²) in [5.41, 5.74) is 4.06. The van der Waals surface area contributed by atoms with Crippen molar-refractivity contribution < 1.29 is 14.3 Å². The number of nitrogens with one attached hydrogen (secondary N) is 3. The quantitative estimate of drug-likeness (QED) is 0.247. The van der Waals surface area contributed by atoms with E-state index in [4.69, 9.17) is 0 Å². The molecule has 7 nitrogen and oxygen atoms in total. The van der Waals surface area contributed by atoms with Gasteiger partial charge in [0.1, 0.15) is 16.9 Å². The van der Waals surface area contributed by atoms with Crippen molar-refractivity contribution >= 4 is 28.9 Å². The van der Waals surface area contributed by atoms with Gasteiger partial charge in [0.05, 0.1) is 11.4 Å². The highest BCUT2D eigenvalue weighted by molar-refractivity contribution is 7.15. The van der Waals surface area contributed by atoms with Crippen LogP contribution < -0.4 is 10.6 Å². The number of hydrogen-bond donors (Lipinski definition) is 4. The molecular weight excluding hydrogens is 453 g/mol. The van der Waals surface area contributed by atoms with E-state index in [1.54, 1.807) is 30.7 Å². The van der Waals surface area contributed by atoms with Crippen LogP contribution in [0.4, 0.5) is 16.0 Å². The van der Waals surface area contributed by atoms with Crippen molar-refractivity contribution in [2.45, 2.75) is 39.3 Å². The zero-order valence-corrected chi connectivity index (χ0v) is 19.7. The average molecular weight is 480 g/mol. The lowest BCUT2D eigenvalue weighted by molar-refractivity contribution is -0.137. The van der Waals surface area contributed by atoms with Crippen LogP contribution >= 0.6 is 11.3 Å². The second kappa shape index (κ2) is 10.5. The number of carboxylic acid groups (broad SMARTS) is 1. The molecule has 0 saturated carbocycles. The van der Waals surface area contributed by atoms with Gasteiger partial charge in [0, 0.05) is 30.7 Å². The van der Waals surface area contributed by atoms with Crippen molar-refractivity contribution in [1.29, 1.82) is 0 Å². The predicted molar refractivity (Wildman–Crippen MR) is 133 cm³/mol. The van der Waals surface area contributed by atoms with Gasteiger partial charge < -0.3 is 20.7 Å². The number of aryl methyl sites for hydroxylation is 2. The zero-order valence-electron chi connectivity index (χ0n) is 18.9. The number of benzene rings is 2. The fourth-order valence-corrected chi connectivity index (χ4v) is 4.62. The third-order valence-electron chi connectivity index (χ3n) is 5.52. The molecule has 2 heterocycles. The van der Waals surface area contributed by atoms with Crippen LogP contribution in [0, 0.1) is 12.7 Å². The molecule has 0 bridgehead atoms. The zero-order chi connectivity index (χ0) is 24.1. The monoisotopic (exact) mass is 479 g/mol. The Labute approximate surface area is 201 Å². The molecule has 0 aliphatic heterocycles. The van der Waals surface area contributed by atoms with E-state index in [2.05, 4.69) is 25.6 Å². The van der Waals surface area contributed by atoms with Crippen LogP contribution in [0.3, 0.4) is 0 Å². The third kappa shape index (κ3) is 5.60. The Morgan fingerprint density at radius 2 is 2.03 bits per heavy atom. The number of nitrogens with zero attached hydrogens (tertiary/aromatic N) is 2. The van der Waals surface area contributed by atoms with Gasteiger partial charge in [-0.25, -0.2) is 19.2 Å². The van der Waals surface area contributed by atoms with Crippen LogP contribution in [0.25, 0.3) is 10.4 Å². The predicted octanol–water partition coefficient (Wildman–Crippen LogP) is 5.26. The Morgan fingerprint density at radius 1 is 1.24 bits per heavy atom. The van der Waals surface area contributed by atoms with E-state index < -0.39 is 12.0 Å². The van der Waals surface area contributed by atoms with E-state index in [0.29, 0.717) is 36.6 Å². The first kappa shape index (κ1) is 23.4. The molecule has 0 fully saturated rings. The van der Waals surface area contributed by atoms with Crippen molar-refractivity contribution in [2.24, 2.45) is 0 Å². The van der Waals surface area contributed by atoms with Gasteiger partial charge in [0.25, 0.3) is 0 Å². The molecule has 9 heteroatoms. The van der Waals surface area contributed by atoms with Gasteiger partial charge in [0.15, 0.2) is 5.95 Å². The fraction of sp³-hybridized carbons (Fsp3) is 0.240. The first-order chi connectivity index (χ1) is 16.4. The van der Waals surface area contributed by atoms with Gasteiger partial charge in [-0.15, -0.1) is 11.3 Å². The van der Waals surface area contributed by atoms with Crippen LogP contribution in [0.1, 0.15) is 28.6 Å². The molecule has 0 saturated heterocycles. The summed E-state index contributed by atoms with van der Waals surface area (Å²) in [6.45, 7) is 4.28. The number of anilines is 2. The molecule has 0 aliphatic carbocycles. The van der Waals surface area contributed by atoms with Gasteiger partial charge in [-0.3, -0.25) is 0 Å². The Morgan fingerprint density at radius 3 is 2.71 bits per heavy atom. The highest BCUT2D eigenvalue weighted by atomic mass is 32.1. The van der Waals surface area contributed by atoms with E-state index in [0.717, 1.165) is 26.6 Å². The number of halogens is 1. The van der Waals surface area contributed by atoms with Crippen molar-refractivity contribution in [3.05, 3.63) is 82.5 Å². The summed E-state index contributed by atoms with van der Waals surface area (Å²) in [7, 11) is 0. The Bertz CT molecular complexity index is 1260. The van der Waals surface area contributed by atoms with E-state index in [1.807, 2.05) is 37.4 Å². The van der Waals surface area contributed by atoms with Gasteiger partial charge in [-0.05, 0) is 47.7 Å². The van der Waals surface area contributed by atoms with Crippen LogP contribution in [0.15, 0.2) is 55.0 Å². The molecule has 2 aromatic heterocycles. The number of aromatic amines is 1. The summed E-state index contributed by atoms with van der Waals surface area (Å²) in [6, 6.07) is 9.87. The molecule has 1 unspecified atom stereocenters. The summed E-state index contributed by atoms with van der Waals surface area (Å²) in [6.07, 6.45) is 6.19. The molecule has 0 aliphatic rings. The molecule has 0 amide bonds. The maximum atomic E-state index is 13.8. The fourth-order valence-electron chi connectivity index (χ4n) is 3.76. The lowest BCUT2D eigenvalue weighted by atomic mass is 10.0. The summed E-state index contributed by atoms with van der Waals surface area (Å²) < 4.78 is 13.8. The molecule has 34 heavy (non-hydrogen) atoms. The van der Waals surface area contributed by atoms with Gasteiger partial charge in [-0.1, -0.05) is 31.2 Å². The molecule has 0 spiro atoms. The number of aromatic nitrogens is 3. The van der Waals surface area contributed by atoms with Gasteiger partial charge in [0.2, 0.25) is 0 Å². The molecule has 176 valence electrons. The van der Waals surface area contributed by atoms with E-state index in [1.165, 1.54) is 12.1 Å². The minimum atomic E-state index is -0.953. The van der Waals surface area contributed by atoms with Crippen LogP contribution in [0.2, 0.25) is 0 Å². The highest BCUT2D eigenvalue weighted by Crippen LogP contribution is 2.28. The number of carboxylic acids is 1. The second-order valence-corrected chi connectivity index (χ2v) is 9.07. The lowest BCUT2D eigenvalue weighted by Crippen LogP contribution is -2.32. The van der Waals surface area contributed by atoms with Crippen molar-refractivity contribution in [3.63, 3.8) is 0 Å². The normalized spacial score (nSPS) is 11.9. The summed E-state index contributed by atoms with van der Waals surface area (Å²) in [4.78, 5) is 24.6. The molecule has 0 radical (unpaired) electrons. The minimum Gasteiger partial charge on any atom is -0.480 e. The lowest BCUT2D eigenvalue weighted by Gasteiger charge is -2.20. The topological polar surface area (TPSA) is 103 Å². The number of H-pyrrole nitrogens is 1.